The van der Waals surface area contributed by atoms with E-state index in [-0.39, 0.29) is 5.41 Å². The van der Waals surface area contributed by atoms with Gasteiger partial charge in [-0.2, -0.15) is 0 Å². The Hall–Kier alpha value is -0.280. The Morgan fingerprint density at radius 1 is 1.15 bits per heavy atom. The number of nitrogens with two attached hydrogens (primary N) is 1. The molecular formula is C16H23Cl2NO. The van der Waals surface area contributed by atoms with Crippen molar-refractivity contribution in [2.75, 3.05) is 6.54 Å². The molecule has 1 atom stereocenters. The molecule has 1 aliphatic carbocycles. The lowest BCUT2D eigenvalue weighted by Crippen LogP contribution is -2.42. The monoisotopic (exact) mass is 315 g/mol. The maximum Gasteiger partial charge on any atom is 0.0887 e. The zero-order valence-electron chi connectivity index (χ0n) is 12.1. The largest absolute Gasteiger partial charge is 0.388 e. The lowest BCUT2D eigenvalue weighted by molar-refractivity contribution is -0.0234. The fourth-order valence-corrected chi connectivity index (χ4v) is 3.70. The van der Waals surface area contributed by atoms with E-state index in [0.717, 1.165) is 25.7 Å². The molecule has 0 amide bonds. The summed E-state index contributed by atoms with van der Waals surface area (Å²) in [6, 6.07) is 5.33. The van der Waals surface area contributed by atoms with Crippen LogP contribution in [0.3, 0.4) is 0 Å². The molecule has 0 aromatic heterocycles. The minimum Gasteiger partial charge on any atom is -0.388 e. The van der Waals surface area contributed by atoms with Gasteiger partial charge in [-0.05, 0) is 43.2 Å². The number of hydrogen-bond donors (Lipinski definition) is 2. The molecule has 0 aliphatic heterocycles. The van der Waals surface area contributed by atoms with E-state index in [1.54, 1.807) is 18.2 Å². The standard InChI is InChI=1S/C16H23Cl2NO/c1-15(2)6-8-16(10-19,9-7-15)14(20)13-11(17)4-3-5-12(13)18/h3-5,14,20H,6-10,19H2,1-2H3. The van der Waals surface area contributed by atoms with Gasteiger partial charge in [-0.1, -0.05) is 43.1 Å². The molecule has 2 nitrogen and oxygen atoms in total. The normalized spacial score (nSPS) is 22.5. The predicted molar refractivity (Wildman–Crippen MR) is 85.2 cm³/mol. The second kappa shape index (κ2) is 5.84. The molecular weight excluding hydrogens is 293 g/mol. The van der Waals surface area contributed by atoms with Crippen molar-refractivity contribution in [2.24, 2.45) is 16.6 Å². The van der Waals surface area contributed by atoms with Crippen LogP contribution in [-0.4, -0.2) is 11.7 Å². The van der Waals surface area contributed by atoms with Crippen molar-refractivity contribution < 1.29 is 5.11 Å². The zero-order valence-corrected chi connectivity index (χ0v) is 13.6. The Balaban J connectivity index is 2.33. The van der Waals surface area contributed by atoms with Crippen LogP contribution in [0.25, 0.3) is 0 Å². The van der Waals surface area contributed by atoms with Crippen LogP contribution in [-0.2, 0) is 0 Å². The Labute approximate surface area is 131 Å². The molecule has 0 bridgehead atoms. The van der Waals surface area contributed by atoms with Gasteiger partial charge in [-0.15, -0.1) is 0 Å². The van der Waals surface area contributed by atoms with Crippen LogP contribution in [0, 0.1) is 10.8 Å². The molecule has 0 saturated heterocycles. The summed E-state index contributed by atoms with van der Waals surface area (Å²) >= 11 is 12.5. The summed E-state index contributed by atoms with van der Waals surface area (Å²) in [5, 5.41) is 11.9. The molecule has 1 unspecified atom stereocenters. The fraction of sp³-hybridized carbons (Fsp3) is 0.625. The maximum atomic E-state index is 10.9. The van der Waals surface area contributed by atoms with Crippen molar-refractivity contribution in [2.45, 2.75) is 45.6 Å². The van der Waals surface area contributed by atoms with E-state index in [0.29, 0.717) is 27.6 Å². The first-order chi connectivity index (χ1) is 9.31. The van der Waals surface area contributed by atoms with Gasteiger partial charge in [0.1, 0.15) is 0 Å². The van der Waals surface area contributed by atoms with Crippen molar-refractivity contribution in [3.63, 3.8) is 0 Å². The Bertz CT molecular complexity index is 457. The average Bonchev–Trinajstić information content (AvgIpc) is 2.39. The van der Waals surface area contributed by atoms with E-state index < -0.39 is 6.10 Å². The fourth-order valence-electron chi connectivity index (χ4n) is 3.09. The molecule has 3 N–H and O–H groups in total. The number of aliphatic hydroxyl groups excluding tert-OH is 1. The van der Waals surface area contributed by atoms with Gasteiger partial charge in [-0.3, -0.25) is 0 Å². The summed E-state index contributed by atoms with van der Waals surface area (Å²) in [7, 11) is 0. The van der Waals surface area contributed by atoms with Crippen molar-refractivity contribution in [1.82, 2.24) is 0 Å². The second-order valence-electron chi connectivity index (χ2n) is 6.77. The van der Waals surface area contributed by atoms with Gasteiger partial charge in [0.05, 0.1) is 6.10 Å². The van der Waals surface area contributed by atoms with Crippen LogP contribution in [0.4, 0.5) is 0 Å². The summed E-state index contributed by atoms with van der Waals surface area (Å²) in [6.45, 7) is 4.98. The van der Waals surface area contributed by atoms with Gasteiger partial charge in [0.2, 0.25) is 0 Å². The van der Waals surface area contributed by atoms with Crippen LogP contribution in [0.15, 0.2) is 18.2 Å². The molecule has 0 spiro atoms. The first kappa shape index (κ1) is 16.1. The maximum absolute atomic E-state index is 10.9. The van der Waals surface area contributed by atoms with E-state index in [9.17, 15) is 5.11 Å². The third-order valence-electron chi connectivity index (χ3n) is 4.86. The molecule has 1 aromatic rings. The van der Waals surface area contributed by atoms with Gasteiger partial charge in [0, 0.05) is 27.6 Å². The molecule has 4 heteroatoms. The highest BCUT2D eigenvalue weighted by Gasteiger charge is 2.44. The Morgan fingerprint density at radius 3 is 2.10 bits per heavy atom. The first-order valence-electron chi connectivity index (χ1n) is 7.13. The summed E-state index contributed by atoms with van der Waals surface area (Å²) in [6.07, 6.45) is 3.22. The third kappa shape index (κ3) is 2.99. The van der Waals surface area contributed by atoms with E-state index in [1.807, 2.05) is 0 Å². The van der Waals surface area contributed by atoms with Crippen LogP contribution >= 0.6 is 23.2 Å². The van der Waals surface area contributed by atoms with Crippen molar-refractivity contribution in [3.8, 4) is 0 Å². The molecule has 1 aliphatic rings. The van der Waals surface area contributed by atoms with Crippen molar-refractivity contribution in [3.05, 3.63) is 33.8 Å². The highest BCUT2D eigenvalue weighted by atomic mass is 35.5. The van der Waals surface area contributed by atoms with Crippen molar-refractivity contribution in [1.29, 1.82) is 0 Å². The molecule has 1 fully saturated rings. The minimum atomic E-state index is -0.704. The Kier molecular flexibility index (Phi) is 4.70. The van der Waals surface area contributed by atoms with Gasteiger partial charge in [-0.25, -0.2) is 0 Å². The predicted octanol–water partition coefficient (Wildman–Crippen LogP) is 4.57. The number of aliphatic hydroxyl groups is 1. The average molecular weight is 316 g/mol. The molecule has 2 rings (SSSR count). The van der Waals surface area contributed by atoms with Crippen LogP contribution in [0.5, 0.6) is 0 Å². The number of rotatable bonds is 3. The van der Waals surface area contributed by atoms with Crippen LogP contribution < -0.4 is 5.73 Å². The van der Waals surface area contributed by atoms with Crippen molar-refractivity contribution >= 4 is 23.2 Å². The minimum absolute atomic E-state index is 0.315. The van der Waals surface area contributed by atoms with Crippen LogP contribution in [0.2, 0.25) is 10.0 Å². The lowest BCUT2D eigenvalue weighted by Gasteiger charge is -2.46. The van der Waals surface area contributed by atoms with Crippen LogP contribution in [0.1, 0.15) is 51.2 Å². The highest BCUT2D eigenvalue weighted by molar-refractivity contribution is 6.36. The molecule has 0 heterocycles. The number of halogens is 2. The van der Waals surface area contributed by atoms with Gasteiger partial charge in [0.25, 0.3) is 0 Å². The molecule has 1 saturated carbocycles. The van der Waals surface area contributed by atoms with E-state index in [2.05, 4.69) is 13.8 Å². The SMILES string of the molecule is CC1(C)CCC(CN)(C(O)c2c(Cl)cccc2Cl)CC1. The topological polar surface area (TPSA) is 46.2 Å². The lowest BCUT2D eigenvalue weighted by atomic mass is 9.62. The first-order valence-corrected chi connectivity index (χ1v) is 7.89. The summed E-state index contributed by atoms with van der Waals surface area (Å²) in [5.41, 5.74) is 6.65. The number of benzene rings is 1. The summed E-state index contributed by atoms with van der Waals surface area (Å²) in [5.74, 6) is 0. The van der Waals surface area contributed by atoms with E-state index >= 15 is 0 Å². The molecule has 20 heavy (non-hydrogen) atoms. The third-order valence-corrected chi connectivity index (χ3v) is 5.52. The summed E-state index contributed by atoms with van der Waals surface area (Å²) < 4.78 is 0. The highest BCUT2D eigenvalue weighted by Crippen LogP contribution is 2.52. The van der Waals surface area contributed by atoms with E-state index in [4.69, 9.17) is 28.9 Å². The van der Waals surface area contributed by atoms with Gasteiger partial charge >= 0.3 is 0 Å². The molecule has 1 aromatic carbocycles. The number of hydrogen-bond acceptors (Lipinski definition) is 2. The molecule has 112 valence electrons. The Morgan fingerprint density at radius 2 is 1.65 bits per heavy atom. The molecule has 0 radical (unpaired) electrons. The quantitative estimate of drug-likeness (QED) is 0.858. The zero-order chi connectivity index (χ0) is 15.0. The van der Waals surface area contributed by atoms with Gasteiger partial charge in [0.15, 0.2) is 0 Å². The second-order valence-corrected chi connectivity index (χ2v) is 7.58. The van der Waals surface area contributed by atoms with Gasteiger partial charge < -0.3 is 10.8 Å². The smallest absolute Gasteiger partial charge is 0.0887 e. The summed E-state index contributed by atoms with van der Waals surface area (Å²) in [4.78, 5) is 0. The van der Waals surface area contributed by atoms with E-state index in [1.165, 1.54) is 0 Å².